The van der Waals surface area contributed by atoms with E-state index < -0.39 is 0 Å². The molecule has 0 atom stereocenters. The molecule has 0 radical (unpaired) electrons. The summed E-state index contributed by atoms with van der Waals surface area (Å²) in [6.07, 6.45) is 1.43. The van der Waals surface area contributed by atoms with Crippen molar-refractivity contribution >= 4 is 22.7 Å². The van der Waals surface area contributed by atoms with Crippen molar-refractivity contribution in [3.05, 3.63) is 48.0 Å². The fraction of sp³-hybridized carbons (Fsp3) is 0. The van der Waals surface area contributed by atoms with Crippen LogP contribution >= 0.6 is 0 Å². The summed E-state index contributed by atoms with van der Waals surface area (Å²) in [5.74, 6) is 10.4. The Bertz CT molecular complexity index is 558. The summed E-state index contributed by atoms with van der Waals surface area (Å²) in [4.78, 5) is 0. The van der Waals surface area contributed by atoms with E-state index in [-0.39, 0.29) is 0 Å². The molecule has 0 saturated heterocycles. The predicted octanol–water partition coefficient (Wildman–Crippen LogP) is 1.45. The van der Waals surface area contributed by atoms with E-state index in [0.717, 1.165) is 10.9 Å². The van der Waals surface area contributed by atoms with Crippen LogP contribution in [-0.2, 0) is 0 Å². The molecule has 2 aromatic carbocycles. The summed E-state index contributed by atoms with van der Waals surface area (Å²) < 4.78 is 0. The van der Waals surface area contributed by atoms with Gasteiger partial charge in [-0.05, 0) is 16.8 Å². The standard InChI is InChI=1S/C12H12N4/c13-15-8-12(16-14)11-6-5-9-3-1-2-4-10(9)7-11/h1-8H,13-14H2/b15-8+,16-12-. The van der Waals surface area contributed by atoms with Gasteiger partial charge in [0.25, 0.3) is 0 Å². The molecule has 4 nitrogen and oxygen atoms in total. The molecular weight excluding hydrogens is 200 g/mol. The average molecular weight is 212 g/mol. The lowest BCUT2D eigenvalue weighted by atomic mass is 10.0. The Balaban J connectivity index is 2.54. The Hall–Kier alpha value is -2.36. The first kappa shape index (κ1) is 10.2. The van der Waals surface area contributed by atoms with Crippen molar-refractivity contribution in [2.24, 2.45) is 21.9 Å². The van der Waals surface area contributed by atoms with Crippen LogP contribution in [-0.4, -0.2) is 11.9 Å². The molecule has 0 unspecified atom stereocenters. The molecule has 0 amide bonds. The van der Waals surface area contributed by atoms with Gasteiger partial charge in [0.15, 0.2) is 0 Å². The van der Waals surface area contributed by atoms with E-state index in [4.69, 9.17) is 11.7 Å². The second-order valence-corrected chi connectivity index (χ2v) is 3.35. The second kappa shape index (κ2) is 4.44. The molecule has 4 heteroatoms. The molecule has 2 rings (SSSR count). The third kappa shape index (κ3) is 1.86. The largest absolute Gasteiger partial charge is 0.323 e. The van der Waals surface area contributed by atoms with Gasteiger partial charge >= 0.3 is 0 Å². The summed E-state index contributed by atoms with van der Waals surface area (Å²) in [6.45, 7) is 0. The minimum Gasteiger partial charge on any atom is -0.323 e. The lowest BCUT2D eigenvalue weighted by Gasteiger charge is -2.02. The maximum atomic E-state index is 5.28. The number of nitrogens with two attached hydrogens (primary N) is 2. The van der Waals surface area contributed by atoms with Gasteiger partial charge < -0.3 is 11.7 Å². The van der Waals surface area contributed by atoms with Crippen molar-refractivity contribution < 1.29 is 0 Å². The van der Waals surface area contributed by atoms with Gasteiger partial charge in [-0.25, -0.2) is 0 Å². The molecule has 0 aliphatic carbocycles. The van der Waals surface area contributed by atoms with Crippen LogP contribution in [0, 0.1) is 0 Å². The summed E-state index contributed by atoms with van der Waals surface area (Å²) in [6, 6.07) is 14.0. The molecular formula is C12H12N4. The van der Waals surface area contributed by atoms with E-state index in [2.05, 4.69) is 16.3 Å². The fourth-order valence-corrected chi connectivity index (χ4v) is 1.60. The number of hydrogen-bond acceptors (Lipinski definition) is 4. The summed E-state index contributed by atoms with van der Waals surface area (Å²) in [5, 5.41) is 9.37. The number of fused-ring (bicyclic) bond motifs is 1. The Labute approximate surface area is 93.3 Å². The molecule has 2 aromatic rings. The van der Waals surface area contributed by atoms with Gasteiger partial charge in [-0.1, -0.05) is 36.4 Å². The van der Waals surface area contributed by atoms with Crippen LogP contribution < -0.4 is 11.7 Å². The van der Waals surface area contributed by atoms with Crippen LogP contribution in [0.4, 0.5) is 0 Å². The maximum Gasteiger partial charge on any atom is 0.110 e. The van der Waals surface area contributed by atoms with E-state index in [1.807, 2.05) is 36.4 Å². The Morgan fingerprint density at radius 3 is 2.44 bits per heavy atom. The first-order valence-electron chi connectivity index (χ1n) is 4.85. The quantitative estimate of drug-likeness (QED) is 0.449. The highest BCUT2D eigenvalue weighted by Gasteiger charge is 2.01. The third-order valence-corrected chi connectivity index (χ3v) is 2.38. The Kier molecular flexibility index (Phi) is 2.82. The topological polar surface area (TPSA) is 76.8 Å². The zero-order valence-electron chi connectivity index (χ0n) is 8.67. The zero-order valence-corrected chi connectivity index (χ0v) is 8.67. The molecule has 0 aromatic heterocycles. The van der Waals surface area contributed by atoms with E-state index in [0.29, 0.717) is 5.71 Å². The molecule has 0 heterocycles. The van der Waals surface area contributed by atoms with Crippen LogP contribution in [0.15, 0.2) is 52.7 Å². The molecule has 0 aliphatic heterocycles. The van der Waals surface area contributed by atoms with Crippen molar-refractivity contribution in [1.29, 1.82) is 0 Å². The van der Waals surface area contributed by atoms with Crippen LogP contribution in [0.25, 0.3) is 10.8 Å². The normalized spacial score (nSPS) is 12.4. The predicted molar refractivity (Wildman–Crippen MR) is 67.4 cm³/mol. The molecule has 0 fully saturated rings. The highest BCUT2D eigenvalue weighted by molar-refractivity contribution is 6.38. The second-order valence-electron chi connectivity index (χ2n) is 3.35. The van der Waals surface area contributed by atoms with Crippen LogP contribution in [0.5, 0.6) is 0 Å². The Morgan fingerprint density at radius 1 is 1.00 bits per heavy atom. The molecule has 0 bridgehead atoms. The van der Waals surface area contributed by atoms with Gasteiger partial charge in [-0.15, -0.1) is 0 Å². The van der Waals surface area contributed by atoms with Gasteiger partial charge in [0.05, 0.1) is 6.21 Å². The average Bonchev–Trinajstić information content (AvgIpc) is 2.35. The van der Waals surface area contributed by atoms with Crippen LogP contribution in [0.2, 0.25) is 0 Å². The number of benzene rings is 2. The van der Waals surface area contributed by atoms with Gasteiger partial charge in [0, 0.05) is 5.56 Å². The van der Waals surface area contributed by atoms with Gasteiger partial charge in [-0.3, -0.25) is 0 Å². The number of hydrogen-bond donors (Lipinski definition) is 2. The molecule has 0 saturated carbocycles. The molecule has 0 aliphatic rings. The van der Waals surface area contributed by atoms with Gasteiger partial charge in [0.2, 0.25) is 0 Å². The van der Waals surface area contributed by atoms with E-state index in [9.17, 15) is 0 Å². The SMILES string of the molecule is N/N=C/C(=N/N)c1ccc2ccccc2c1. The maximum absolute atomic E-state index is 5.28. The highest BCUT2D eigenvalue weighted by Crippen LogP contribution is 2.15. The summed E-state index contributed by atoms with van der Waals surface area (Å²) in [5.41, 5.74) is 1.46. The van der Waals surface area contributed by atoms with Crippen molar-refractivity contribution in [3.63, 3.8) is 0 Å². The van der Waals surface area contributed by atoms with Crippen molar-refractivity contribution in [2.45, 2.75) is 0 Å². The summed E-state index contributed by atoms with van der Waals surface area (Å²) >= 11 is 0. The number of rotatable bonds is 2. The zero-order chi connectivity index (χ0) is 11.4. The first-order chi connectivity index (χ1) is 7.85. The van der Waals surface area contributed by atoms with Crippen LogP contribution in [0.1, 0.15) is 5.56 Å². The fourth-order valence-electron chi connectivity index (χ4n) is 1.60. The Morgan fingerprint density at radius 2 is 1.75 bits per heavy atom. The minimum absolute atomic E-state index is 0.563. The monoisotopic (exact) mass is 212 g/mol. The van der Waals surface area contributed by atoms with E-state index in [1.54, 1.807) is 0 Å². The molecule has 16 heavy (non-hydrogen) atoms. The van der Waals surface area contributed by atoms with Gasteiger partial charge in [0.1, 0.15) is 5.71 Å². The van der Waals surface area contributed by atoms with Crippen molar-refractivity contribution in [2.75, 3.05) is 0 Å². The molecule has 4 N–H and O–H groups in total. The third-order valence-electron chi connectivity index (χ3n) is 2.38. The minimum atomic E-state index is 0.563. The smallest absolute Gasteiger partial charge is 0.110 e. The lowest BCUT2D eigenvalue weighted by molar-refractivity contribution is 1.24. The molecule has 0 spiro atoms. The van der Waals surface area contributed by atoms with Gasteiger partial charge in [-0.2, -0.15) is 10.2 Å². The van der Waals surface area contributed by atoms with E-state index in [1.165, 1.54) is 11.6 Å². The van der Waals surface area contributed by atoms with E-state index >= 15 is 0 Å². The number of hydrazone groups is 2. The van der Waals surface area contributed by atoms with Crippen molar-refractivity contribution in [3.8, 4) is 0 Å². The first-order valence-corrected chi connectivity index (χ1v) is 4.85. The van der Waals surface area contributed by atoms with Crippen molar-refractivity contribution in [1.82, 2.24) is 0 Å². The summed E-state index contributed by atoms with van der Waals surface area (Å²) in [7, 11) is 0. The van der Waals surface area contributed by atoms with Crippen LogP contribution in [0.3, 0.4) is 0 Å². The molecule has 80 valence electrons. The number of nitrogens with zero attached hydrogens (tertiary/aromatic N) is 2. The lowest BCUT2D eigenvalue weighted by Crippen LogP contribution is -2.07. The highest BCUT2D eigenvalue weighted by atomic mass is 15.1.